The minimum atomic E-state index is 0. The van der Waals surface area contributed by atoms with Crippen molar-refractivity contribution in [2.45, 2.75) is 12.8 Å². The molecule has 0 spiro atoms. The minimum absolute atomic E-state index is 0. The Labute approximate surface area is 132 Å². The van der Waals surface area contributed by atoms with Gasteiger partial charge in [0.2, 0.25) is 0 Å². The maximum Gasteiger partial charge on any atom is 0.103 e. The Morgan fingerprint density at radius 1 is 0.857 bits per heavy atom. The highest BCUT2D eigenvalue weighted by Crippen LogP contribution is 2.10. The molecule has 0 aromatic heterocycles. The van der Waals surface area contributed by atoms with Crippen LogP contribution in [-0.4, -0.2) is 30.4 Å². The Balaban J connectivity index is 0.00000161. The number of nitrogens with zero attached hydrogens (tertiary/aromatic N) is 2. The van der Waals surface area contributed by atoms with E-state index in [2.05, 4.69) is 70.6 Å². The van der Waals surface area contributed by atoms with E-state index < -0.39 is 0 Å². The van der Waals surface area contributed by atoms with Crippen LogP contribution in [0.3, 0.4) is 0 Å². The maximum absolute atomic E-state index is 4.67. The second-order valence-electron chi connectivity index (χ2n) is 5.18. The topological polar surface area (TPSA) is 15.6 Å². The molecule has 21 heavy (non-hydrogen) atoms. The third kappa shape index (κ3) is 4.33. The summed E-state index contributed by atoms with van der Waals surface area (Å²) in [5.41, 5.74) is 2.75. The van der Waals surface area contributed by atoms with Crippen molar-refractivity contribution in [2.24, 2.45) is 4.99 Å². The number of halogens is 1. The van der Waals surface area contributed by atoms with Crippen molar-refractivity contribution in [1.29, 1.82) is 0 Å². The molecule has 3 heteroatoms. The zero-order chi connectivity index (χ0) is 13.6. The lowest BCUT2D eigenvalue weighted by molar-refractivity contribution is 0.455. The second kappa shape index (κ2) is 7.84. The fourth-order valence-electron chi connectivity index (χ4n) is 2.62. The summed E-state index contributed by atoms with van der Waals surface area (Å²) >= 11 is 0. The van der Waals surface area contributed by atoms with Crippen LogP contribution in [0.1, 0.15) is 11.1 Å². The van der Waals surface area contributed by atoms with Crippen LogP contribution >= 0.6 is 12.4 Å². The van der Waals surface area contributed by atoms with E-state index >= 15 is 0 Å². The Morgan fingerprint density at radius 2 is 1.48 bits per heavy atom. The smallest absolute Gasteiger partial charge is 0.103 e. The van der Waals surface area contributed by atoms with E-state index in [-0.39, 0.29) is 12.4 Å². The third-order valence-electron chi connectivity index (χ3n) is 3.75. The van der Waals surface area contributed by atoms with Gasteiger partial charge in [0.25, 0.3) is 0 Å². The molecule has 0 unspecified atom stereocenters. The van der Waals surface area contributed by atoms with Gasteiger partial charge in [-0.05, 0) is 17.5 Å². The van der Waals surface area contributed by atoms with E-state index in [1.807, 2.05) is 0 Å². The summed E-state index contributed by atoms with van der Waals surface area (Å²) in [4.78, 5) is 7.10. The van der Waals surface area contributed by atoms with Crippen molar-refractivity contribution in [3.8, 4) is 0 Å². The van der Waals surface area contributed by atoms with E-state index in [9.17, 15) is 0 Å². The van der Waals surface area contributed by atoms with Crippen molar-refractivity contribution in [1.82, 2.24) is 4.90 Å². The van der Waals surface area contributed by atoms with Gasteiger partial charge < -0.3 is 4.90 Å². The Morgan fingerprint density at radius 3 is 2.14 bits per heavy atom. The van der Waals surface area contributed by atoms with Crippen molar-refractivity contribution in [2.75, 3.05) is 19.6 Å². The first-order valence-corrected chi connectivity index (χ1v) is 7.28. The van der Waals surface area contributed by atoms with E-state index in [0.717, 1.165) is 32.5 Å². The molecule has 3 rings (SSSR count). The number of amidine groups is 1. The number of rotatable bonds is 5. The van der Waals surface area contributed by atoms with Gasteiger partial charge in [-0.1, -0.05) is 60.7 Å². The number of benzene rings is 2. The van der Waals surface area contributed by atoms with Crippen molar-refractivity contribution >= 4 is 18.2 Å². The summed E-state index contributed by atoms with van der Waals surface area (Å²) < 4.78 is 0. The lowest BCUT2D eigenvalue weighted by Gasteiger charge is -2.20. The molecular formula is C18H21ClN2. The highest BCUT2D eigenvalue weighted by Gasteiger charge is 2.16. The van der Waals surface area contributed by atoms with Gasteiger partial charge in [-0.15, -0.1) is 12.4 Å². The average molecular weight is 301 g/mol. The van der Waals surface area contributed by atoms with Crippen LogP contribution in [0, 0.1) is 0 Å². The van der Waals surface area contributed by atoms with Crippen LogP contribution < -0.4 is 0 Å². The zero-order valence-electron chi connectivity index (χ0n) is 12.1. The molecule has 2 aromatic carbocycles. The number of hydrogen-bond acceptors (Lipinski definition) is 2. The van der Waals surface area contributed by atoms with Gasteiger partial charge in [0.1, 0.15) is 5.84 Å². The molecule has 1 aliphatic heterocycles. The SMILES string of the molecule is Cl.c1ccc(CCN2CCN=C2Cc2ccccc2)cc1. The zero-order valence-corrected chi connectivity index (χ0v) is 12.9. The van der Waals surface area contributed by atoms with Crippen LogP contribution in [-0.2, 0) is 12.8 Å². The first-order chi connectivity index (χ1) is 9.92. The maximum atomic E-state index is 4.67. The molecule has 2 nitrogen and oxygen atoms in total. The summed E-state index contributed by atoms with van der Waals surface area (Å²) in [7, 11) is 0. The second-order valence-corrected chi connectivity index (χ2v) is 5.18. The lowest BCUT2D eigenvalue weighted by Crippen LogP contribution is -2.31. The molecule has 0 saturated carbocycles. The Bertz CT molecular complexity index is 566. The molecule has 0 bridgehead atoms. The van der Waals surface area contributed by atoms with Gasteiger partial charge in [0.15, 0.2) is 0 Å². The summed E-state index contributed by atoms with van der Waals surface area (Å²) in [5, 5.41) is 0. The normalized spacial score (nSPS) is 13.7. The van der Waals surface area contributed by atoms with E-state index in [0.29, 0.717) is 0 Å². The molecule has 0 saturated heterocycles. The summed E-state index contributed by atoms with van der Waals surface area (Å²) in [6.07, 6.45) is 2.05. The number of hydrogen-bond donors (Lipinski definition) is 0. The van der Waals surface area contributed by atoms with Crippen LogP contribution in [0.2, 0.25) is 0 Å². The largest absolute Gasteiger partial charge is 0.358 e. The standard InChI is InChI=1S/C18H20N2.ClH/c1-3-7-16(8-4-1)11-13-20-14-12-19-18(20)15-17-9-5-2-6-10-17;/h1-10H,11-15H2;1H. The molecule has 0 amide bonds. The summed E-state index contributed by atoms with van der Waals surface area (Å²) in [6.45, 7) is 3.07. The lowest BCUT2D eigenvalue weighted by atomic mass is 10.1. The van der Waals surface area contributed by atoms with Gasteiger partial charge in [-0.25, -0.2) is 0 Å². The van der Waals surface area contributed by atoms with Gasteiger partial charge in [-0.3, -0.25) is 4.99 Å². The molecule has 0 aliphatic carbocycles. The molecular weight excluding hydrogens is 280 g/mol. The highest BCUT2D eigenvalue weighted by molar-refractivity contribution is 5.86. The first kappa shape index (κ1) is 15.6. The van der Waals surface area contributed by atoms with Crippen LogP contribution in [0.5, 0.6) is 0 Å². The fraction of sp³-hybridized carbons (Fsp3) is 0.278. The number of aliphatic imine (C=N–C) groups is 1. The van der Waals surface area contributed by atoms with E-state index in [4.69, 9.17) is 0 Å². The monoisotopic (exact) mass is 300 g/mol. The van der Waals surface area contributed by atoms with Crippen molar-refractivity contribution in [3.63, 3.8) is 0 Å². The van der Waals surface area contributed by atoms with Gasteiger partial charge in [0.05, 0.1) is 6.54 Å². The summed E-state index contributed by atoms with van der Waals surface area (Å²) in [6, 6.07) is 21.3. The van der Waals surface area contributed by atoms with E-state index in [1.54, 1.807) is 0 Å². The molecule has 2 aromatic rings. The molecule has 1 heterocycles. The predicted molar refractivity (Wildman–Crippen MR) is 91.4 cm³/mol. The van der Waals surface area contributed by atoms with Crippen molar-refractivity contribution in [3.05, 3.63) is 71.8 Å². The summed E-state index contributed by atoms with van der Waals surface area (Å²) in [5.74, 6) is 1.24. The van der Waals surface area contributed by atoms with Crippen LogP contribution in [0.4, 0.5) is 0 Å². The fourth-order valence-corrected chi connectivity index (χ4v) is 2.62. The van der Waals surface area contributed by atoms with E-state index in [1.165, 1.54) is 17.0 Å². The van der Waals surface area contributed by atoms with Crippen LogP contribution in [0.15, 0.2) is 65.7 Å². The quantitative estimate of drug-likeness (QED) is 0.823. The Hall–Kier alpha value is -1.80. The van der Waals surface area contributed by atoms with Gasteiger partial charge in [0, 0.05) is 19.5 Å². The first-order valence-electron chi connectivity index (χ1n) is 7.28. The third-order valence-corrected chi connectivity index (χ3v) is 3.75. The van der Waals surface area contributed by atoms with Gasteiger partial charge >= 0.3 is 0 Å². The molecule has 0 fully saturated rings. The molecule has 0 radical (unpaired) electrons. The predicted octanol–water partition coefficient (Wildman–Crippen LogP) is 3.61. The molecule has 1 aliphatic rings. The molecule has 0 atom stereocenters. The van der Waals surface area contributed by atoms with Gasteiger partial charge in [-0.2, -0.15) is 0 Å². The highest BCUT2D eigenvalue weighted by atomic mass is 35.5. The minimum Gasteiger partial charge on any atom is -0.358 e. The van der Waals surface area contributed by atoms with Crippen molar-refractivity contribution < 1.29 is 0 Å². The molecule has 0 N–H and O–H groups in total. The Kier molecular flexibility index (Phi) is 5.82. The molecule has 110 valence electrons. The average Bonchev–Trinajstić information content (AvgIpc) is 2.94. The van der Waals surface area contributed by atoms with Crippen LogP contribution in [0.25, 0.3) is 0 Å².